The van der Waals surface area contributed by atoms with Gasteiger partial charge < -0.3 is 24.9 Å². The lowest BCUT2D eigenvalue weighted by molar-refractivity contribution is -0.265. The fraction of sp³-hybridized carbons (Fsp3) is 0.826. The molecule has 8 unspecified atom stereocenters. The molecule has 0 aromatic carbocycles. The van der Waals surface area contributed by atoms with Crippen LogP contribution in [-0.4, -0.2) is 51.5 Å². The van der Waals surface area contributed by atoms with Gasteiger partial charge in [-0.05, 0) is 68.3 Å². The van der Waals surface area contributed by atoms with Crippen LogP contribution in [0.2, 0.25) is 0 Å². The minimum Gasteiger partial charge on any atom is -0.458 e. The maximum Gasteiger partial charge on any atom is 0.331 e. The smallest absolute Gasteiger partial charge is 0.331 e. The van der Waals surface area contributed by atoms with Crippen LogP contribution in [0.3, 0.4) is 0 Å². The van der Waals surface area contributed by atoms with Crippen molar-refractivity contribution in [3.8, 4) is 0 Å². The quantitative estimate of drug-likeness (QED) is 0.480. The Balaban J connectivity index is 1.57. The van der Waals surface area contributed by atoms with Crippen LogP contribution in [0.4, 0.5) is 0 Å². The Morgan fingerprint density at radius 1 is 1.10 bits per heavy atom. The van der Waals surface area contributed by atoms with Gasteiger partial charge in [0.25, 0.3) is 0 Å². The van der Waals surface area contributed by atoms with Crippen molar-refractivity contribution in [2.24, 2.45) is 28.6 Å². The Morgan fingerprint density at radius 3 is 2.55 bits per heavy atom. The van der Waals surface area contributed by atoms with Gasteiger partial charge in [-0.1, -0.05) is 19.8 Å². The first kappa shape index (κ1) is 19.7. The molecule has 160 valence electrons. The first-order chi connectivity index (χ1) is 13.7. The van der Waals surface area contributed by atoms with Crippen LogP contribution in [-0.2, 0) is 14.3 Å². The molecular weight excluding hydrogens is 372 g/mol. The van der Waals surface area contributed by atoms with Crippen molar-refractivity contribution in [3.63, 3.8) is 0 Å². The SMILES string of the molecule is CC12C(O)CC3C(CCC4(O)CCCCC34C=O)C1(O)CCC2C1=CC(=O)OC1. The van der Waals surface area contributed by atoms with E-state index in [1.807, 2.05) is 6.92 Å². The Labute approximate surface area is 171 Å². The highest BCUT2D eigenvalue weighted by molar-refractivity contribution is 5.85. The van der Waals surface area contributed by atoms with E-state index in [9.17, 15) is 24.9 Å². The molecule has 0 aromatic rings. The van der Waals surface area contributed by atoms with Crippen molar-refractivity contribution in [1.82, 2.24) is 0 Å². The molecule has 0 saturated heterocycles. The number of carbonyl (C=O) groups is 2. The van der Waals surface area contributed by atoms with Crippen LogP contribution in [0.15, 0.2) is 11.6 Å². The molecule has 8 atom stereocenters. The number of hydrogen-bond acceptors (Lipinski definition) is 6. The highest BCUT2D eigenvalue weighted by Gasteiger charge is 2.73. The fourth-order valence-electron chi connectivity index (χ4n) is 8.33. The standard InChI is InChI=1S/C23H32O6/c1-20-15(14-10-19(26)29-12-14)5-9-23(20,28)16-4-8-22(27)7-3-2-6-21(22,13-24)17(16)11-18(20)25/h10,13,15-18,25,27-28H,2-9,11-12H2,1H3. The summed E-state index contributed by atoms with van der Waals surface area (Å²) in [5.74, 6) is -0.828. The summed E-state index contributed by atoms with van der Waals surface area (Å²) in [7, 11) is 0. The van der Waals surface area contributed by atoms with Gasteiger partial charge in [-0.15, -0.1) is 0 Å². The van der Waals surface area contributed by atoms with Crippen LogP contribution in [0.25, 0.3) is 0 Å². The van der Waals surface area contributed by atoms with Crippen LogP contribution < -0.4 is 0 Å². The second-order valence-corrected chi connectivity index (χ2v) is 10.5. The molecule has 0 amide bonds. The van der Waals surface area contributed by atoms with Crippen LogP contribution >= 0.6 is 0 Å². The summed E-state index contributed by atoms with van der Waals surface area (Å²) < 4.78 is 5.12. The Bertz CT molecular complexity index is 777. The summed E-state index contributed by atoms with van der Waals surface area (Å²) in [4.78, 5) is 24.1. The van der Waals surface area contributed by atoms with E-state index < -0.39 is 28.1 Å². The number of aliphatic hydroxyl groups is 3. The molecule has 0 radical (unpaired) electrons. The number of carbonyl (C=O) groups excluding carboxylic acids is 2. The van der Waals surface area contributed by atoms with Crippen molar-refractivity contribution in [2.75, 3.05) is 6.61 Å². The minimum atomic E-state index is -1.12. The second kappa shape index (κ2) is 6.14. The zero-order valence-corrected chi connectivity index (χ0v) is 17.1. The third-order valence-electron chi connectivity index (χ3n) is 9.91. The van der Waals surface area contributed by atoms with E-state index in [4.69, 9.17) is 4.74 Å². The van der Waals surface area contributed by atoms with Crippen molar-refractivity contribution in [2.45, 2.75) is 82.0 Å². The van der Waals surface area contributed by atoms with E-state index in [-0.39, 0.29) is 30.3 Å². The minimum absolute atomic E-state index is 0.116. The lowest BCUT2D eigenvalue weighted by Gasteiger charge is -2.65. The molecule has 5 rings (SSSR count). The zero-order chi connectivity index (χ0) is 20.7. The molecule has 4 fully saturated rings. The van der Waals surface area contributed by atoms with E-state index in [0.717, 1.165) is 24.7 Å². The summed E-state index contributed by atoms with van der Waals surface area (Å²) >= 11 is 0. The van der Waals surface area contributed by atoms with E-state index in [1.165, 1.54) is 6.08 Å². The van der Waals surface area contributed by atoms with Gasteiger partial charge in [0.2, 0.25) is 0 Å². The number of rotatable bonds is 2. The van der Waals surface area contributed by atoms with Gasteiger partial charge in [-0.25, -0.2) is 4.79 Å². The molecule has 5 aliphatic rings. The van der Waals surface area contributed by atoms with Gasteiger partial charge >= 0.3 is 5.97 Å². The number of esters is 1. The lowest BCUT2D eigenvalue weighted by atomic mass is 9.41. The molecular formula is C23H32O6. The summed E-state index contributed by atoms with van der Waals surface area (Å²) in [5, 5.41) is 35.0. The number of hydrogen-bond donors (Lipinski definition) is 3. The molecule has 4 saturated carbocycles. The van der Waals surface area contributed by atoms with Crippen molar-refractivity contribution >= 4 is 12.3 Å². The normalized spacial score (nSPS) is 54.1. The average Bonchev–Trinajstić information content (AvgIpc) is 3.23. The molecule has 4 aliphatic carbocycles. The molecule has 6 nitrogen and oxygen atoms in total. The third kappa shape index (κ3) is 2.23. The number of cyclic esters (lactones) is 1. The predicted molar refractivity (Wildman–Crippen MR) is 104 cm³/mol. The molecule has 0 spiro atoms. The van der Waals surface area contributed by atoms with E-state index in [2.05, 4.69) is 0 Å². The summed E-state index contributed by atoms with van der Waals surface area (Å²) in [6.07, 6.45) is 7.55. The molecule has 1 heterocycles. The summed E-state index contributed by atoms with van der Waals surface area (Å²) in [6.45, 7) is 2.18. The lowest BCUT2D eigenvalue weighted by Crippen LogP contribution is -2.70. The van der Waals surface area contributed by atoms with Gasteiger partial charge in [-0.3, -0.25) is 0 Å². The highest BCUT2D eigenvalue weighted by atomic mass is 16.5. The number of aldehydes is 1. The zero-order valence-electron chi connectivity index (χ0n) is 17.1. The maximum absolute atomic E-state index is 12.5. The molecule has 3 N–H and O–H groups in total. The van der Waals surface area contributed by atoms with Gasteiger partial charge in [0.1, 0.15) is 12.9 Å². The molecule has 0 bridgehead atoms. The molecule has 0 aromatic heterocycles. The fourth-order valence-corrected chi connectivity index (χ4v) is 8.33. The van der Waals surface area contributed by atoms with Gasteiger partial charge in [0, 0.05) is 11.5 Å². The first-order valence-electron chi connectivity index (χ1n) is 11.2. The largest absolute Gasteiger partial charge is 0.458 e. The van der Waals surface area contributed by atoms with Gasteiger partial charge in [-0.2, -0.15) is 0 Å². The van der Waals surface area contributed by atoms with E-state index >= 15 is 0 Å². The molecule has 1 aliphatic heterocycles. The Kier molecular flexibility index (Phi) is 4.18. The van der Waals surface area contributed by atoms with Crippen molar-refractivity contribution < 1.29 is 29.6 Å². The van der Waals surface area contributed by atoms with Crippen molar-refractivity contribution in [1.29, 1.82) is 0 Å². The third-order valence-corrected chi connectivity index (χ3v) is 9.91. The predicted octanol–water partition coefficient (Wildman–Crippen LogP) is 1.90. The highest BCUT2D eigenvalue weighted by Crippen LogP contribution is 2.70. The number of ether oxygens (including phenoxy) is 1. The number of aliphatic hydroxyl groups excluding tert-OH is 1. The van der Waals surface area contributed by atoms with Crippen LogP contribution in [0.1, 0.15) is 64.7 Å². The molecule has 29 heavy (non-hydrogen) atoms. The van der Waals surface area contributed by atoms with Gasteiger partial charge in [0.15, 0.2) is 0 Å². The topological polar surface area (TPSA) is 104 Å². The maximum atomic E-state index is 12.5. The second-order valence-electron chi connectivity index (χ2n) is 10.5. The van der Waals surface area contributed by atoms with Gasteiger partial charge in [0.05, 0.1) is 22.7 Å². The Hall–Kier alpha value is -1.24. The van der Waals surface area contributed by atoms with Crippen LogP contribution in [0, 0.1) is 28.6 Å². The monoisotopic (exact) mass is 404 g/mol. The molecule has 6 heteroatoms. The first-order valence-corrected chi connectivity index (χ1v) is 11.2. The summed E-state index contributed by atoms with van der Waals surface area (Å²) in [5.41, 5.74) is -2.95. The Morgan fingerprint density at radius 2 is 1.86 bits per heavy atom. The average molecular weight is 405 g/mol. The summed E-state index contributed by atoms with van der Waals surface area (Å²) in [6, 6.07) is 0. The number of fused-ring (bicyclic) bond motifs is 5. The van der Waals surface area contributed by atoms with E-state index in [0.29, 0.717) is 44.9 Å². The van der Waals surface area contributed by atoms with E-state index in [1.54, 1.807) is 0 Å². The van der Waals surface area contributed by atoms with Crippen molar-refractivity contribution in [3.05, 3.63) is 11.6 Å². The van der Waals surface area contributed by atoms with Crippen LogP contribution in [0.5, 0.6) is 0 Å².